The third kappa shape index (κ3) is 9.17. The Labute approximate surface area is 66.1 Å². The van der Waals surface area contributed by atoms with Crippen LogP contribution in [-0.4, -0.2) is 16.5 Å². The van der Waals surface area contributed by atoms with Gasteiger partial charge in [-0.15, -0.1) is 0 Å². The Morgan fingerprint density at radius 2 is 1.50 bits per heavy atom. The van der Waals surface area contributed by atoms with Crippen LogP contribution < -0.4 is 18.9 Å². The van der Waals surface area contributed by atoms with E-state index in [0.717, 1.165) is 0 Å². The molecule has 1 nitrogen and oxygen atoms in total. The van der Waals surface area contributed by atoms with E-state index in [1.807, 2.05) is 0 Å². The van der Waals surface area contributed by atoms with Gasteiger partial charge in [0, 0.05) is 26.2 Å². The van der Waals surface area contributed by atoms with E-state index in [4.69, 9.17) is 3.78 Å². The Hall–Kier alpha value is 1.82. The number of hydrogen-bond acceptors (Lipinski definition) is 1. The summed E-state index contributed by atoms with van der Waals surface area (Å²) in [6, 6.07) is 0. The van der Waals surface area contributed by atoms with Gasteiger partial charge in [0.1, 0.15) is 0 Å². The van der Waals surface area contributed by atoms with Crippen LogP contribution in [0.15, 0.2) is 0 Å². The SMILES string of the molecule is [H-].[Li+].[O]=[GeH2].[Zr]. The van der Waals surface area contributed by atoms with E-state index in [1.165, 1.54) is 0 Å². The molecule has 18 valence electrons. The van der Waals surface area contributed by atoms with Gasteiger partial charge in [0.05, 0.1) is 0 Å². The second-order valence-corrected chi connectivity index (χ2v) is 0. The molecule has 0 unspecified atom stereocenters. The molecular weight excluding hydrogens is 187 g/mol. The van der Waals surface area contributed by atoms with E-state index in [-0.39, 0.29) is 62.9 Å². The second-order valence-electron chi connectivity index (χ2n) is 0. The molecule has 0 rings (SSSR count). The third-order valence-electron chi connectivity index (χ3n) is 0. The molecule has 0 aliphatic carbocycles. The van der Waals surface area contributed by atoms with Crippen LogP contribution in [0.25, 0.3) is 0 Å². The summed E-state index contributed by atoms with van der Waals surface area (Å²) in [6.07, 6.45) is 0. The fraction of sp³-hybridized carbons (Fsp3) is 0. The summed E-state index contributed by atoms with van der Waals surface area (Å²) in [5.74, 6) is 0. The first kappa shape index (κ1) is 17.0. The summed E-state index contributed by atoms with van der Waals surface area (Å²) >= 11 is 0.125. The van der Waals surface area contributed by atoms with Gasteiger partial charge in [-0.1, -0.05) is 0 Å². The second kappa shape index (κ2) is 21.2. The first-order chi connectivity index (χ1) is 1.00. The molecule has 0 aliphatic heterocycles. The smallest absolute Gasteiger partial charge is 0 e. The van der Waals surface area contributed by atoms with E-state index in [9.17, 15) is 0 Å². The van der Waals surface area contributed by atoms with Crippen molar-refractivity contribution in [1.29, 1.82) is 0 Å². The molecule has 0 saturated carbocycles. The van der Waals surface area contributed by atoms with Crippen LogP contribution in [0.1, 0.15) is 1.43 Å². The van der Waals surface area contributed by atoms with Gasteiger partial charge in [-0.2, -0.15) is 0 Å². The van der Waals surface area contributed by atoms with E-state index in [0.29, 0.717) is 0 Å². The van der Waals surface area contributed by atoms with E-state index in [1.54, 1.807) is 0 Å². The summed E-state index contributed by atoms with van der Waals surface area (Å²) in [5.41, 5.74) is 0. The molecule has 0 bridgehead atoms. The maximum atomic E-state index is 8.38. The van der Waals surface area contributed by atoms with Crippen molar-refractivity contribution in [3.05, 3.63) is 0 Å². The van der Waals surface area contributed by atoms with E-state index in [2.05, 4.69) is 0 Å². The van der Waals surface area contributed by atoms with Gasteiger partial charge < -0.3 is 1.43 Å². The fourth-order valence-corrected chi connectivity index (χ4v) is 0. The topological polar surface area (TPSA) is 17.1 Å². The van der Waals surface area contributed by atoms with Crippen LogP contribution >= 0.6 is 0 Å². The van der Waals surface area contributed by atoms with Crippen molar-refractivity contribution in [3.63, 3.8) is 0 Å². The van der Waals surface area contributed by atoms with E-state index < -0.39 is 0 Å². The van der Waals surface area contributed by atoms with Crippen molar-refractivity contribution in [2.75, 3.05) is 0 Å². The molecule has 0 aromatic rings. The Morgan fingerprint density at radius 1 is 1.50 bits per heavy atom. The zero-order valence-corrected chi connectivity index (χ0v) is 8.04. The number of rotatable bonds is 0. The molecular formula is H3GeLiOZr. The van der Waals surface area contributed by atoms with Crippen molar-refractivity contribution in [1.82, 2.24) is 0 Å². The van der Waals surface area contributed by atoms with Crippen LogP contribution in [0, 0.1) is 0 Å². The fourth-order valence-electron chi connectivity index (χ4n) is 0. The van der Waals surface area contributed by atoms with E-state index >= 15 is 0 Å². The molecule has 0 saturated heterocycles. The third-order valence-corrected chi connectivity index (χ3v) is 0. The Bertz CT molecular complexity index is 11.6. The average Bonchev–Trinajstić information content (AvgIpc) is 1.00. The van der Waals surface area contributed by atoms with Crippen LogP contribution in [0.3, 0.4) is 0 Å². The van der Waals surface area contributed by atoms with Gasteiger partial charge in [-0.3, -0.25) is 0 Å². The molecule has 0 aromatic heterocycles. The van der Waals surface area contributed by atoms with Crippen LogP contribution in [0.2, 0.25) is 0 Å². The van der Waals surface area contributed by atoms with Crippen LogP contribution in [0.4, 0.5) is 0 Å². The Morgan fingerprint density at radius 3 is 1.50 bits per heavy atom. The first-order valence-corrected chi connectivity index (χ1v) is 1.50. The molecule has 0 fully saturated rings. The minimum Gasteiger partial charge on any atom is 0 e. The zero-order chi connectivity index (χ0) is 2.00. The maximum absolute atomic E-state index is 8.38. The van der Waals surface area contributed by atoms with Crippen molar-refractivity contribution < 1.29 is 50.3 Å². The first-order valence-electron chi connectivity index (χ1n) is 0.289. The molecule has 4 heteroatoms. The van der Waals surface area contributed by atoms with Gasteiger partial charge in [0.15, 0.2) is 0 Å². The molecule has 0 aromatic carbocycles. The Kier molecular flexibility index (Phi) is 90.1. The number of hydrogen-bond donors (Lipinski definition) is 0. The van der Waals surface area contributed by atoms with Crippen molar-refractivity contribution >= 4 is 16.5 Å². The summed E-state index contributed by atoms with van der Waals surface area (Å²) < 4.78 is 8.38. The Balaban J connectivity index is -0.00000000167. The van der Waals surface area contributed by atoms with Crippen molar-refractivity contribution in [2.45, 2.75) is 0 Å². The van der Waals surface area contributed by atoms with Crippen molar-refractivity contribution in [2.24, 2.45) is 0 Å². The van der Waals surface area contributed by atoms with Gasteiger partial charge in [-0.05, 0) is 0 Å². The largest absolute Gasteiger partial charge is 0 e. The van der Waals surface area contributed by atoms with Crippen LogP contribution in [-0.2, 0) is 30.0 Å². The zero-order valence-electron chi connectivity index (χ0n) is 3.62. The summed E-state index contributed by atoms with van der Waals surface area (Å²) in [5, 5.41) is 0. The maximum Gasteiger partial charge on any atom is 0 e. The summed E-state index contributed by atoms with van der Waals surface area (Å²) in [7, 11) is 0. The van der Waals surface area contributed by atoms with Gasteiger partial charge in [0.2, 0.25) is 0 Å². The molecule has 0 spiro atoms. The van der Waals surface area contributed by atoms with Gasteiger partial charge >= 0.3 is 39.1 Å². The normalized spacial score (nSPS) is 1.00. The monoisotopic (exact) mass is 190 g/mol. The quantitative estimate of drug-likeness (QED) is 0.356. The molecule has 0 heterocycles. The molecule has 0 aliphatic rings. The van der Waals surface area contributed by atoms with Crippen LogP contribution in [0.5, 0.6) is 0 Å². The standard InChI is InChI=1S/GeH2O.Li.Zr.H/c1-2;;;/h1H2;;;/q;+1;;-1. The molecule has 0 N–H and O–H groups in total. The summed E-state index contributed by atoms with van der Waals surface area (Å²) in [4.78, 5) is 0. The van der Waals surface area contributed by atoms with Gasteiger partial charge in [-0.25, -0.2) is 0 Å². The van der Waals surface area contributed by atoms with Crippen molar-refractivity contribution in [3.8, 4) is 0 Å². The minimum absolute atomic E-state index is 0. The predicted octanol–water partition coefficient (Wildman–Crippen LogP) is -3.92. The summed E-state index contributed by atoms with van der Waals surface area (Å²) in [6.45, 7) is 0. The minimum atomic E-state index is 0. The van der Waals surface area contributed by atoms with Gasteiger partial charge in [0.25, 0.3) is 0 Å². The molecule has 4 heavy (non-hydrogen) atoms. The predicted molar refractivity (Wildman–Crippen MR) is 10.3 cm³/mol. The molecule has 0 amide bonds. The molecule has 0 atom stereocenters. The molecule has 0 radical (unpaired) electrons. The average molecular weight is 190 g/mol.